The lowest BCUT2D eigenvalue weighted by molar-refractivity contribution is 0.305. The number of ether oxygens (including phenoxy) is 1. The molecule has 1 heterocycles. The fraction of sp³-hybridized carbons (Fsp3) is 0.138. The molecule has 0 saturated heterocycles. The van der Waals surface area contributed by atoms with E-state index in [9.17, 15) is 0 Å². The number of aryl methyl sites for hydroxylation is 2. The van der Waals surface area contributed by atoms with E-state index in [1.807, 2.05) is 18.2 Å². The van der Waals surface area contributed by atoms with Gasteiger partial charge in [-0.25, -0.2) is 4.98 Å². The van der Waals surface area contributed by atoms with E-state index in [1.54, 1.807) is 11.3 Å². The van der Waals surface area contributed by atoms with E-state index in [4.69, 9.17) is 9.72 Å². The molecule has 1 N–H and O–H groups in total. The average molecular weight is 451 g/mol. The third-order valence-electron chi connectivity index (χ3n) is 5.75. The van der Waals surface area contributed by atoms with Crippen molar-refractivity contribution in [2.24, 2.45) is 0 Å². The number of anilines is 1. The number of hydrogen-bond donors (Lipinski definition) is 1. The largest absolute Gasteiger partial charge is 0.489 e. The molecule has 3 nitrogen and oxygen atoms in total. The zero-order chi connectivity index (χ0) is 22.6. The molecule has 0 aliphatic rings. The summed E-state index contributed by atoms with van der Waals surface area (Å²) in [4.78, 5) is 4.78. The molecule has 5 aromatic rings. The third-order valence-corrected chi connectivity index (χ3v) is 6.82. The molecule has 0 radical (unpaired) electrons. The Bertz CT molecular complexity index is 1370. The Balaban J connectivity index is 1.17. The lowest BCUT2D eigenvalue weighted by atomic mass is 10.1. The van der Waals surface area contributed by atoms with Crippen molar-refractivity contribution < 1.29 is 4.74 Å². The van der Waals surface area contributed by atoms with E-state index in [0.29, 0.717) is 6.61 Å². The lowest BCUT2D eigenvalue weighted by Crippen LogP contribution is -2.00. The molecule has 0 aliphatic carbocycles. The first-order valence-electron chi connectivity index (χ1n) is 11.1. The van der Waals surface area contributed by atoms with E-state index in [-0.39, 0.29) is 0 Å². The maximum atomic E-state index is 5.95. The summed E-state index contributed by atoms with van der Waals surface area (Å²) in [5, 5.41) is 4.56. The van der Waals surface area contributed by atoms with Crippen LogP contribution in [0.4, 0.5) is 5.69 Å². The summed E-state index contributed by atoms with van der Waals surface area (Å²) in [5.41, 5.74) is 8.25. The number of hydrogen-bond acceptors (Lipinski definition) is 4. The molecule has 0 aliphatic heterocycles. The van der Waals surface area contributed by atoms with E-state index < -0.39 is 0 Å². The minimum absolute atomic E-state index is 0.588. The minimum Gasteiger partial charge on any atom is -0.489 e. The van der Waals surface area contributed by atoms with Crippen molar-refractivity contribution in [2.45, 2.75) is 27.0 Å². The van der Waals surface area contributed by atoms with Crippen molar-refractivity contribution in [2.75, 3.05) is 5.32 Å². The molecule has 4 aromatic carbocycles. The van der Waals surface area contributed by atoms with Gasteiger partial charge in [-0.1, -0.05) is 42.5 Å². The molecule has 0 spiro atoms. The number of thiazole rings is 1. The van der Waals surface area contributed by atoms with Gasteiger partial charge in [0.1, 0.15) is 17.4 Å². The first-order valence-corrected chi connectivity index (χ1v) is 11.9. The van der Waals surface area contributed by atoms with Gasteiger partial charge < -0.3 is 10.1 Å². The number of aromatic nitrogens is 1. The van der Waals surface area contributed by atoms with Crippen molar-refractivity contribution in [3.63, 3.8) is 0 Å². The molecule has 0 amide bonds. The highest BCUT2D eigenvalue weighted by atomic mass is 32.1. The zero-order valence-corrected chi connectivity index (χ0v) is 19.7. The summed E-state index contributed by atoms with van der Waals surface area (Å²) in [6.45, 7) is 5.58. The quantitative estimate of drug-likeness (QED) is 0.275. The summed E-state index contributed by atoms with van der Waals surface area (Å²) in [5.74, 6) is 0.886. The van der Waals surface area contributed by atoms with Crippen molar-refractivity contribution >= 4 is 27.2 Å². The van der Waals surface area contributed by atoms with Gasteiger partial charge in [-0.3, -0.25) is 0 Å². The first-order chi connectivity index (χ1) is 16.1. The van der Waals surface area contributed by atoms with Crippen LogP contribution in [0.25, 0.3) is 20.8 Å². The predicted molar refractivity (Wildman–Crippen MR) is 139 cm³/mol. The van der Waals surface area contributed by atoms with E-state index in [1.165, 1.54) is 27.0 Å². The highest BCUT2D eigenvalue weighted by Gasteiger charge is 2.07. The molecule has 0 unspecified atom stereocenters. The van der Waals surface area contributed by atoms with E-state index in [2.05, 4.69) is 92.0 Å². The van der Waals surface area contributed by atoms with Crippen LogP contribution in [0.1, 0.15) is 22.3 Å². The Labute approximate surface area is 198 Å². The van der Waals surface area contributed by atoms with Crippen LogP contribution in [-0.4, -0.2) is 4.98 Å². The van der Waals surface area contributed by atoms with Gasteiger partial charge in [0.2, 0.25) is 0 Å². The second kappa shape index (κ2) is 9.47. The van der Waals surface area contributed by atoms with Crippen LogP contribution in [0.5, 0.6) is 5.75 Å². The summed E-state index contributed by atoms with van der Waals surface area (Å²) in [7, 11) is 0. The van der Waals surface area contributed by atoms with Crippen molar-refractivity contribution in [3.05, 3.63) is 113 Å². The van der Waals surface area contributed by atoms with Gasteiger partial charge in [0, 0.05) is 17.8 Å². The summed E-state index contributed by atoms with van der Waals surface area (Å²) in [6, 6.07) is 31.5. The highest BCUT2D eigenvalue weighted by Crippen LogP contribution is 2.31. The Kier molecular flexibility index (Phi) is 6.09. The number of nitrogens with one attached hydrogen (secondary N) is 1. The van der Waals surface area contributed by atoms with Crippen molar-refractivity contribution in [1.82, 2.24) is 4.98 Å². The minimum atomic E-state index is 0.588. The molecule has 0 bridgehead atoms. The van der Waals surface area contributed by atoms with Gasteiger partial charge in [0.25, 0.3) is 0 Å². The molecule has 164 valence electrons. The van der Waals surface area contributed by atoms with Crippen LogP contribution in [0.3, 0.4) is 0 Å². The fourth-order valence-corrected chi connectivity index (χ4v) is 4.80. The van der Waals surface area contributed by atoms with Gasteiger partial charge in [-0.05, 0) is 84.6 Å². The Morgan fingerprint density at radius 3 is 2.42 bits per heavy atom. The monoisotopic (exact) mass is 450 g/mol. The standard InChI is InChI=1S/C29H26N2OS/c1-20-7-16-27-28(17-20)33-29(31-27)23-10-12-25(13-11-23)30-18-22-8-14-26(15-9-22)32-19-24-6-4-3-5-21(24)2/h3-17,30H,18-19H2,1-2H3. The smallest absolute Gasteiger partial charge is 0.124 e. The summed E-state index contributed by atoms with van der Waals surface area (Å²) in [6.07, 6.45) is 0. The van der Waals surface area contributed by atoms with Gasteiger partial charge in [0.15, 0.2) is 0 Å². The molecule has 4 heteroatoms. The third kappa shape index (κ3) is 5.07. The Hall–Kier alpha value is -3.63. The van der Waals surface area contributed by atoms with Crippen LogP contribution in [-0.2, 0) is 13.2 Å². The van der Waals surface area contributed by atoms with Crippen molar-refractivity contribution in [1.29, 1.82) is 0 Å². The first kappa shape index (κ1) is 21.2. The molecule has 0 fully saturated rings. The summed E-state index contributed by atoms with van der Waals surface area (Å²) >= 11 is 1.74. The molecular formula is C29H26N2OS. The Morgan fingerprint density at radius 1 is 0.848 bits per heavy atom. The van der Waals surface area contributed by atoms with Crippen LogP contribution < -0.4 is 10.1 Å². The zero-order valence-electron chi connectivity index (χ0n) is 18.8. The van der Waals surface area contributed by atoms with Crippen LogP contribution in [0.2, 0.25) is 0 Å². The molecule has 0 saturated carbocycles. The van der Waals surface area contributed by atoms with Gasteiger partial charge in [-0.2, -0.15) is 0 Å². The molecule has 33 heavy (non-hydrogen) atoms. The van der Waals surface area contributed by atoms with Gasteiger partial charge >= 0.3 is 0 Å². The van der Waals surface area contributed by atoms with Crippen LogP contribution in [0, 0.1) is 13.8 Å². The molecule has 0 atom stereocenters. The molecule has 1 aromatic heterocycles. The van der Waals surface area contributed by atoms with E-state index in [0.717, 1.165) is 34.1 Å². The van der Waals surface area contributed by atoms with E-state index >= 15 is 0 Å². The normalized spacial score (nSPS) is 11.0. The van der Waals surface area contributed by atoms with Crippen molar-refractivity contribution in [3.8, 4) is 16.3 Å². The molecular weight excluding hydrogens is 424 g/mol. The lowest BCUT2D eigenvalue weighted by Gasteiger charge is -2.10. The topological polar surface area (TPSA) is 34.2 Å². The average Bonchev–Trinajstić information content (AvgIpc) is 3.26. The number of nitrogens with zero attached hydrogens (tertiary/aromatic N) is 1. The molecule has 5 rings (SSSR count). The van der Waals surface area contributed by atoms with Crippen LogP contribution in [0.15, 0.2) is 91.0 Å². The van der Waals surface area contributed by atoms with Crippen LogP contribution >= 0.6 is 11.3 Å². The summed E-state index contributed by atoms with van der Waals surface area (Å²) < 4.78 is 7.18. The van der Waals surface area contributed by atoms with Gasteiger partial charge in [0.05, 0.1) is 10.2 Å². The fourth-order valence-electron chi connectivity index (χ4n) is 3.73. The maximum Gasteiger partial charge on any atom is 0.124 e. The second-order valence-corrected chi connectivity index (χ2v) is 9.31. The maximum absolute atomic E-state index is 5.95. The SMILES string of the molecule is Cc1ccc2nc(-c3ccc(NCc4ccc(OCc5ccccc5C)cc4)cc3)sc2c1. The van der Waals surface area contributed by atoms with Gasteiger partial charge in [-0.15, -0.1) is 11.3 Å². The number of benzene rings is 4. The highest BCUT2D eigenvalue weighted by molar-refractivity contribution is 7.21. The number of rotatable bonds is 7. The second-order valence-electron chi connectivity index (χ2n) is 8.28. The predicted octanol–water partition coefficient (Wildman–Crippen LogP) is 7.77. The Morgan fingerprint density at radius 2 is 1.64 bits per heavy atom. The number of fused-ring (bicyclic) bond motifs is 1.